The third-order valence-electron chi connectivity index (χ3n) is 4.68. The summed E-state index contributed by atoms with van der Waals surface area (Å²) < 4.78 is 127. The Kier molecular flexibility index (Phi) is 6.94. The first-order valence-corrected chi connectivity index (χ1v) is 9.59. The fourth-order valence-corrected chi connectivity index (χ4v) is 3.28. The number of alkyl halides is 3. The zero-order valence-corrected chi connectivity index (χ0v) is 17.1. The number of aryl methyl sites for hydroxylation is 1. The Morgan fingerprint density at radius 1 is 0.706 bits per heavy atom. The van der Waals surface area contributed by atoms with Gasteiger partial charge in [0.2, 0.25) is 5.75 Å². The van der Waals surface area contributed by atoms with Crippen LogP contribution in [-0.2, 0) is 11.2 Å². The summed E-state index contributed by atoms with van der Waals surface area (Å²) in [6.45, 7) is 1.78. The molecule has 0 aliphatic rings. The van der Waals surface area contributed by atoms with Gasteiger partial charge in [-0.2, -0.15) is 13.2 Å². The highest BCUT2D eigenvalue weighted by Gasteiger charge is 2.42. The predicted octanol–water partition coefficient (Wildman–Crippen LogP) is 7.28. The maximum absolute atomic E-state index is 14.7. The molecule has 0 atom stereocenters. The van der Waals surface area contributed by atoms with Crippen molar-refractivity contribution >= 4 is 5.97 Å². The Balaban J connectivity index is 2.05. The molecule has 0 bridgehead atoms. The molecule has 0 saturated carbocycles. The smallest absolute Gasteiger partial charge is 0.414 e. The molecule has 2 nitrogen and oxygen atoms in total. The van der Waals surface area contributed by atoms with E-state index >= 15 is 0 Å². The Morgan fingerprint density at radius 3 is 1.47 bits per heavy atom. The van der Waals surface area contributed by atoms with Gasteiger partial charge in [0.05, 0.1) is 11.1 Å². The van der Waals surface area contributed by atoms with E-state index in [-0.39, 0.29) is 12.1 Å². The standard InChI is InChI=1S/C23H13F9O2/c1-2-3-10-4-13(24)19(14(25)5-10)11-6-15(26)20(16(27)7-11)12-8-17(28)21(18(29)9-12)34-22(33)23(30,31)32/h4-9H,2-3H2,1H3. The van der Waals surface area contributed by atoms with Crippen molar-refractivity contribution in [3.63, 3.8) is 0 Å². The fourth-order valence-electron chi connectivity index (χ4n) is 3.28. The average Bonchev–Trinajstić information content (AvgIpc) is 2.69. The molecule has 3 rings (SSSR count). The lowest BCUT2D eigenvalue weighted by molar-refractivity contribution is -0.190. The minimum atomic E-state index is -5.55. The molecule has 180 valence electrons. The van der Waals surface area contributed by atoms with Gasteiger partial charge in [0.1, 0.15) is 23.3 Å². The predicted molar refractivity (Wildman–Crippen MR) is 103 cm³/mol. The Bertz CT molecular complexity index is 1200. The number of carbonyl (C=O) groups excluding carboxylic acids is 1. The Labute approximate surface area is 186 Å². The minimum Gasteiger partial charge on any atom is -0.414 e. The molecule has 0 unspecified atom stereocenters. The highest BCUT2D eigenvalue weighted by atomic mass is 19.4. The molecule has 0 radical (unpaired) electrons. The molecule has 3 aromatic rings. The molecule has 11 heteroatoms. The second-order valence-corrected chi connectivity index (χ2v) is 7.16. The van der Waals surface area contributed by atoms with E-state index in [1.807, 2.05) is 0 Å². The number of rotatable bonds is 5. The number of carbonyl (C=O) groups is 1. The van der Waals surface area contributed by atoms with Gasteiger partial charge >= 0.3 is 12.1 Å². The molecular weight excluding hydrogens is 479 g/mol. The number of hydrogen-bond donors (Lipinski definition) is 0. The number of esters is 1. The first kappa shape index (κ1) is 25.1. The maximum atomic E-state index is 14.7. The van der Waals surface area contributed by atoms with Crippen LogP contribution in [0.5, 0.6) is 5.75 Å². The van der Waals surface area contributed by atoms with Crippen LogP contribution in [0.25, 0.3) is 22.3 Å². The van der Waals surface area contributed by atoms with E-state index in [1.54, 1.807) is 6.92 Å². The molecule has 0 aliphatic carbocycles. The van der Waals surface area contributed by atoms with Crippen LogP contribution in [0.4, 0.5) is 39.5 Å². The first-order chi connectivity index (χ1) is 15.8. The van der Waals surface area contributed by atoms with Gasteiger partial charge in [-0.05, 0) is 59.5 Å². The molecule has 34 heavy (non-hydrogen) atoms. The SMILES string of the molecule is CCCc1cc(F)c(-c2cc(F)c(-c3cc(F)c(OC(=O)C(F)(F)F)c(F)c3)c(F)c2)c(F)c1. The van der Waals surface area contributed by atoms with Gasteiger partial charge in [-0.15, -0.1) is 0 Å². The lowest BCUT2D eigenvalue weighted by atomic mass is 9.96. The first-order valence-electron chi connectivity index (χ1n) is 9.59. The summed E-state index contributed by atoms with van der Waals surface area (Å²) in [4.78, 5) is 10.8. The summed E-state index contributed by atoms with van der Waals surface area (Å²) in [5.74, 6) is -13.4. The van der Waals surface area contributed by atoms with E-state index in [0.29, 0.717) is 30.5 Å². The van der Waals surface area contributed by atoms with Crippen LogP contribution < -0.4 is 4.74 Å². The number of halogens is 9. The third kappa shape index (κ3) is 5.02. The van der Waals surface area contributed by atoms with Gasteiger partial charge in [0.15, 0.2) is 11.6 Å². The van der Waals surface area contributed by atoms with Crippen molar-refractivity contribution in [1.29, 1.82) is 0 Å². The Hall–Kier alpha value is -3.50. The second-order valence-electron chi connectivity index (χ2n) is 7.16. The number of ether oxygens (including phenoxy) is 1. The van der Waals surface area contributed by atoms with E-state index in [1.165, 1.54) is 0 Å². The van der Waals surface area contributed by atoms with Crippen molar-refractivity contribution in [3.05, 3.63) is 76.9 Å². The Morgan fingerprint density at radius 2 is 1.09 bits per heavy atom. The summed E-state index contributed by atoms with van der Waals surface area (Å²) in [7, 11) is 0. The quantitative estimate of drug-likeness (QED) is 0.213. The van der Waals surface area contributed by atoms with Crippen molar-refractivity contribution < 1.29 is 49.0 Å². The maximum Gasteiger partial charge on any atom is 0.491 e. The second kappa shape index (κ2) is 9.40. The van der Waals surface area contributed by atoms with Crippen molar-refractivity contribution in [2.24, 2.45) is 0 Å². The minimum absolute atomic E-state index is 0.240. The molecular formula is C23H13F9O2. The highest BCUT2D eigenvalue weighted by molar-refractivity contribution is 5.79. The summed E-state index contributed by atoms with van der Waals surface area (Å²) >= 11 is 0. The molecule has 0 heterocycles. The summed E-state index contributed by atoms with van der Waals surface area (Å²) in [5.41, 5.74) is -2.76. The monoisotopic (exact) mass is 492 g/mol. The van der Waals surface area contributed by atoms with Gasteiger partial charge in [-0.3, -0.25) is 0 Å². The van der Waals surface area contributed by atoms with E-state index in [9.17, 15) is 44.3 Å². The van der Waals surface area contributed by atoms with Gasteiger partial charge in [-0.25, -0.2) is 31.1 Å². The fraction of sp³-hybridized carbons (Fsp3) is 0.174. The molecule has 0 fully saturated rings. The van der Waals surface area contributed by atoms with Crippen LogP contribution in [0.3, 0.4) is 0 Å². The topological polar surface area (TPSA) is 26.3 Å². The van der Waals surface area contributed by atoms with Gasteiger partial charge in [-0.1, -0.05) is 13.3 Å². The molecule has 0 saturated heterocycles. The molecule has 0 aromatic heterocycles. The average molecular weight is 492 g/mol. The van der Waals surface area contributed by atoms with Crippen molar-refractivity contribution in [1.82, 2.24) is 0 Å². The lowest BCUT2D eigenvalue weighted by Gasteiger charge is -2.13. The zero-order chi connectivity index (χ0) is 25.4. The summed E-state index contributed by atoms with van der Waals surface area (Å²) in [6.07, 6.45) is -4.59. The summed E-state index contributed by atoms with van der Waals surface area (Å²) in [6, 6.07) is 3.57. The van der Waals surface area contributed by atoms with E-state index in [0.717, 1.165) is 12.1 Å². The van der Waals surface area contributed by atoms with Gasteiger partial charge in [0.25, 0.3) is 0 Å². The molecule has 3 aromatic carbocycles. The number of benzene rings is 3. The van der Waals surface area contributed by atoms with Crippen LogP contribution in [0, 0.1) is 34.9 Å². The van der Waals surface area contributed by atoms with Crippen LogP contribution >= 0.6 is 0 Å². The van der Waals surface area contributed by atoms with Crippen LogP contribution in [0.15, 0.2) is 36.4 Å². The largest absolute Gasteiger partial charge is 0.491 e. The molecule has 0 aliphatic heterocycles. The van der Waals surface area contributed by atoms with E-state index in [2.05, 4.69) is 4.74 Å². The van der Waals surface area contributed by atoms with E-state index in [4.69, 9.17) is 0 Å². The van der Waals surface area contributed by atoms with Gasteiger partial charge in [0, 0.05) is 0 Å². The van der Waals surface area contributed by atoms with E-state index < -0.39 is 75.1 Å². The van der Waals surface area contributed by atoms with Crippen LogP contribution in [-0.4, -0.2) is 12.1 Å². The third-order valence-corrected chi connectivity index (χ3v) is 4.68. The molecule has 0 N–H and O–H groups in total. The number of hydrogen-bond acceptors (Lipinski definition) is 2. The van der Waals surface area contributed by atoms with Crippen molar-refractivity contribution in [2.45, 2.75) is 25.9 Å². The molecule has 0 spiro atoms. The molecule has 0 amide bonds. The zero-order valence-electron chi connectivity index (χ0n) is 17.1. The summed E-state index contributed by atoms with van der Waals surface area (Å²) in [5, 5.41) is 0. The van der Waals surface area contributed by atoms with Crippen molar-refractivity contribution in [3.8, 4) is 28.0 Å². The van der Waals surface area contributed by atoms with Crippen molar-refractivity contribution in [2.75, 3.05) is 0 Å². The normalized spacial score (nSPS) is 11.6. The lowest BCUT2D eigenvalue weighted by Crippen LogP contribution is -2.28. The highest BCUT2D eigenvalue weighted by Crippen LogP contribution is 2.36. The van der Waals surface area contributed by atoms with Gasteiger partial charge < -0.3 is 4.74 Å². The van der Waals surface area contributed by atoms with Crippen LogP contribution in [0.2, 0.25) is 0 Å². The van der Waals surface area contributed by atoms with Crippen LogP contribution in [0.1, 0.15) is 18.9 Å².